The van der Waals surface area contributed by atoms with Crippen LogP contribution in [0.5, 0.6) is 0 Å². The quantitative estimate of drug-likeness (QED) is 0.770. The lowest BCUT2D eigenvalue weighted by Crippen LogP contribution is -2.28. The minimum Gasteiger partial charge on any atom is -0.388 e. The van der Waals surface area contributed by atoms with Crippen LogP contribution in [0.3, 0.4) is 0 Å². The van der Waals surface area contributed by atoms with Gasteiger partial charge in [0, 0.05) is 32.5 Å². The summed E-state index contributed by atoms with van der Waals surface area (Å²) in [6.45, 7) is 2.94. The molecule has 1 aromatic rings. The van der Waals surface area contributed by atoms with Crippen LogP contribution in [-0.2, 0) is 0 Å². The molecule has 0 atom stereocenters. The third kappa shape index (κ3) is 4.06. The lowest BCUT2D eigenvalue weighted by atomic mass is 10.2. The highest BCUT2D eigenvalue weighted by atomic mass is 16.2. The molecule has 1 aromatic heterocycles. The molecule has 4 nitrogen and oxygen atoms in total. The zero-order valence-electron chi connectivity index (χ0n) is 10.9. The van der Waals surface area contributed by atoms with Crippen LogP contribution >= 0.6 is 0 Å². The molecule has 0 aliphatic heterocycles. The third-order valence-electron chi connectivity index (χ3n) is 2.71. The van der Waals surface area contributed by atoms with E-state index in [1.165, 1.54) is 0 Å². The molecule has 0 spiro atoms. The zero-order chi connectivity index (χ0) is 12.7. The fourth-order valence-electron chi connectivity index (χ4n) is 1.60. The highest BCUT2D eigenvalue weighted by molar-refractivity contribution is 5.92. The van der Waals surface area contributed by atoms with E-state index in [0.717, 1.165) is 31.5 Å². The molecule has 1 amide bonds. The summed E-state index contributed by atoms with van der Waals surface area (Å²) in [5.41, 5.74) is 1.40. The van der Waals surface area contributed by atoms with Gasteiger partial charge in [-0.1, -0.05) is 19.8 Å². The van der Waals surface area contributed by atoms with Gasteiger partial charge in [0.05, 0.1) is 0 Å². The first kappa shape index (κ1) is 13.5. The molecule has 94 valence electrons. The van der Waals surface area contributed by atoms with E-state index in [-0.39, 0.29) is 5.91 Å². The number of rotatable bonds is 6. The van der Waals surface area contributed by atoms with Gasteiger partial charge in [-0.15, -0.1) is 0 Å². The lowest BCUT2D eigenvalue weighted by molar-refractivity contribution is 0.0787. The van der Waals surface area contributed by atoms with Crippen LogP contribution in [0.1, 0.15) is 36.7 Å². The number of aromatic nitrogens is 1. The summed E-state index contributed by atoms with van der Waals surface area (Å²) < 4.78 is 0. The van der Waals surface area contributed by atoms with Crippen LogP contribution < -0.4 is 5.32 Å². The normalized spacial score (nSPS) is 10.1. The first-order valence-electron chi connectivity index (χ1n) is 6.08. The molecule has 1 heterocycles. The predicted molar refractivity (Wildman–Crippen MR) is 70.3 cm³/mol. The van der Waals surface area contributed by atoms with E-state index in [2.05, 4.69) is 17.2 Å². The Balaban J connectivity index is 2.61. The van der Waals surface area contributed by atoms with E-state index in [4.69, 9.17) is 0 Å². The standard InChI is InChI=1S/C13H21N3O/c1-4-5-6-9-16(3)13(17)12-10-11(14-2)7-8-15-12/h7-8,10H,4-6,9H2,1-3H3,(H,14,15). The van der Waals surface area contributed by atoms with Gasteiger partial charge >= 0.3 is 0 Å². The second-order valence-electron chi connectivity index (χ2n) is 4.11. The number of hydrogen-bond donors (Lipinski definition) is 1. The molecule has 0 aliphatic rings. The number of amides is 1. The van der Waals surface area contributed by atoms with Crippen LogP contribution in [0.2, 0.25) is 0 Å². The maximum Gasteiger partial charge on any atom is 0.272 e. The summed E-state index contributed by atoms with van der Waals surface area (Å²) in [5.74, 6) is -0.0156. The summed E-state index contributed by atoms with van der Waals surface area (Å²) in [5, 5.41) is 3.00. The van der Waals surface area contributed by atoms with Gasteiger partial charge < -0.3 is 10.2 Å². The first-order chi connectivity index (χ1) is 8.19. The average molecular weight is 235 g/mol. The second-order valence-corrected chi connectivity index (χ2v) is 4.11. The molecule has 0 saturated carbocycles. The van der Waals surface area contributed by atoms with Crippen molar-refractivity contribution in [2.24, 2.45) is 0 Å². The van der Waals surface area contributed by atoms with Gasteiger partial charge in [0.15, 0.2) is 0 Å². The number of nitrogens with zero attached hydrogens (tertiary/aromatic N) is 2. The Morgan fingerprint density at radius 1 is 1.47 bits per heavy atom. The Bertz CT molecular complexity index is 365. The van der Waals surface area contributed by atoms with Gasteiger partial charge in [-0.25, -0.2) is 0 Å². The first-order valence-corrected chi connectivity index (χ1v) is 6.08. The van der Waals surface area contributed by atoms with Crippen LogP contribution in [-0.4, -0.2) is 36.4 Å². The van der Waals surface area contributed by atoms with Crippen molar-refractivity contribution in [3.05, 3.63) is 24.0 Å². The van der Waals surface area contributed by atoms with Crippen molar-refractivity contribution >= 4 is 11.6 Å². The molecule has 0 saturated heterocycles. The van der Waals surface area contributed by atoms with Crippen molar-refractivity contribution in [2.75, 3.05) is 26.0 Å². The molecular weight excluding hydrogens is 214 g/mol. The van der Waals surface area contributed by atoms with E-state index in [9.17, 15) is 4.79 Å². The largest absolute Gasteiger partial charge is 0.388 e. The lowest BCUT2D eigenvalue weighted by Gasteiger charge is -2.16. The molecule has 0 unspecified atom stereocenters. The monoisotopic (exact) mass is 235 g/mol. The number of pyridine rings is 1. The summed E-state index contributed by atoms with van der Waals surface area (Å²) in [7, 11) is 3.65. The highest BCUT2D eigenvalue weighted by Crippen LogP contribution is 2.09. The van der Waals surface area contributed by atoms with Gasteiger partial charge in [-0.3, -0.25) is 9.78 Å². The van der Waals surface area contributed by atoms with E-state index in [0.29, 0.717) is 5.69 Å². The Labute approximate surface area is 103 Å². The fourth-order valence-corrected chi connectivity index (χ4v) is 1.60. The molecule has 0 fully saturated rings. The van der Waals surface area contributed by atoms with Crippen LogP contribution in [0.15, 0.2) is 18.3 Å². The van der Waals surface area contributed by atoms with Crippen molar-refractivity contribution in [3.8, 4) is 0 Å². The van der Waals surface area contributed by atoms with Crippen molar-refractivity contribution in [1.82, 2.24) is 9.88 Å². The highest BCUT2D eigenvalue weighted by Gasteiger charge is 2.12. The zero-order valence-corrected chi connectivity index (χ0v) is 10.9. The van der Waals surface area contributed by atoms with Gasteiger partial charge in [-0.2, -0.15) is 0 Å². The maximum absolute atomic E-state index is 12.0. The Hall–Kier alpha value is -1.58. The summed E-state index contributed by atoms with van der Waals surface area (Å²) in [6, 6.07) is 3.62. The van der Waals surface area contributed by atoms with Gasteiger partial charge in [0.2, 0.25) is 0 Å². The smallest absolute Gasteiger partial charge is 0.272 e. The van der Waals surface area contributed by atoms with Crippen molar-refractivity contribution in [2.45, 2.75) is 26.2 Å². The fraction of sp³-hybridized carbons (Fsp3) is 0.538. The number of nitrogens with one attached hydrogen (secondary N) is 1. The average Bonchev–Trinajstić information content (AvgIpc) is 2.38. The molecule has 4 heteroatoms. The number of unbranched alkanes of at least 4 members (excludes halogenated alkanes) is 2. The number of carbonyl (C=O) groups excluding carboxylic acids is 1. The minimum absolute atomic E-state index is 0.0156. The van der Waals surface area contributed by atoms with Gasteiger partial charge in [0.25, 0.3) is 5.91 Å². The van der Waals surface area contributed by atoms with Crippen LogP contribution in [0.4, 0.5) is 5.69 Å². The molecule has 1 rings (SSSR count). The second kappa shape index (κ2) is 6.89. The van der Waals surface area contributed by atoms with Gasteiger partial charge in [-0.05, 0) is 18.6 Å². The van der Waals surface area contributed by atoms with Crippen molar-refractivity contribution in [1.29, 1.82) is 0 Å². The molecule has 0 bridgehead atoms. The van der Waals surface area contributed by atoms with Crippen molar-refractivity contribution in [3.63, 3.8) is 0 Å². The number of anilines is 1. The molecule has 0 aliphatic carbocycles. The van der Waals surface area contributed by atoms with Crippen molar-refractivity contribution < 1.29 is 4.79 Å². The molecule has 0 aromatic carbocycles. The van der Waals surface area contributed by atoms with E-state index >= 15 is 0 Å². The Morgan fingerprint density at radius 2 is 2.24 bits per heavy atom. The van der Waals surface area contributed by atoms with Crippen LogP contribution in [0.25, 0.3) is 0 Å². The van der Waals surface area contributed by atoms with E-state index in [1.54, 1.807) is 17.2 Å². The van der Waals surface area contributed by atoms with E-state index in [1.807, 2.05) is 20.2 Å². The molecule has 17 heavy (non-hydrogen) atoms. The SMILES string of the molecule is CCCCCN(C)C(=O)c1cc(NC)ccn1. The van der Waals surface area contributed by atoms with Gasteiger partial charge in [0.1, 0.15) is 5.69 Å². The maximum atomic E-state index is 12.0. The summed E-state index contributed by atoms with van der Waals surface area (Å²) in [6.07, 6.45) is 5.01. The van der Waals surface area contributed by atoms with E-state index < -0.39 is 0 Å². The Morgan fingerprint density at radius 3 is 2.88 bits per heavy atom. The molecule has 1 N–H and O–H groups in total. The summed E-state index contributed by atoms with van der Waals surface area (Å²) >= 11 is 0. The summed E-state index contributed by atoms with van der Waals surface area (Å²) in [4.78, 5) is 17.9. The third-order valence-corrected chi connectivity index (χ3v) is 2.71. The van der Waals surface area contributed by atoms with Crippen LogP contribution in [0, 0.1) is 0 Å². The number of carbonyl (C=O) groups is 1. The molecular formula is C13H21N3O. The molecule has 0 radical (unpaired) electrons. The minimum atomic E-state index is -0.0156. The topological polar surface area (TPSA) is 45.2 Å². The number of hydrogen-bond acceptors (Lipinski definition) is 3. The predicted octanol–water partition coefficient (Wildman–Crippen LogP) is 2.39. The Kier molecular flexibility index (Phi) is 5.46.